The third kappa shape index (κ3) is 3.29. The summed E-state index contributed by atoms with van der Waals surface area (Å²) in [7, 11) is 1.56. The van der Waals surface area contributed by atoms with Crippen LogP contribution in [0, 0.1) is 0 Å². The summed E-state index contributed by atoms with van der Waals surface area (Å²) in [5.74, 6) is 0.608. The van der Waals surface area contributed by atoms with E-state index in [2.05, 4.69) is 0 Å². The van der Waals surface area contributed by atoms with Crippen molar-refractivity contribution in [1.82, 2.24) is 0 Å². The Kier molecular flexibility index (Phi) is 4.86. The van der Waals surface area contributed by atoms with Gasteiger partial charge in [-0.2, -0.15) is 0 Å². The number of hydrogen-bond donors (Lipinski definition) is 0. The van der Waals surface area contributed by atoms with Gasteiger partial charge in [-0.15, -0.1) is 11.6 Å². The summed E-state index contributed by atoms with van der Waals surface area (Å²) < 4.78 is 5.11. The first-order valence-corrected chi connectivity index (χ1v) is 7.02. The molecular weight excluding hydrogens is 326 g/mol. The lowest BCUT2D eigenvalue weighted by Crippen LogP contribution is -1.95. The van der Waals surface area contributed by atoms with Gasteiger partial charge in [-0.1, -0.05) is 46.9 Å². The van der Waals surface area contributed by atoms with Gasteiger partial charge >= 0.3 is 0 Å². The van der Waals surface area contributed by atoms with Crippen molar-refractivity contribution < 1.29 is 4.74 Å². The van der Waals surface area contributed by atoms with Gasteiger partial charge in [-0.3, -0.25) is 0 Å². The lowest BCUT2D eigenvalue weighted by molar-refractivity contribution is 0.415. The topological polar surface area (TPSA) is 9.23 Å². The highest BCUT2D eigenvalue weighted by atomic mass is 35.5. The third-order valence-electron chi connectivity index (χ3n) is 2.70. The zero-order valence-electron chi connectivity index (χ0n) is 9.96. The van der Waals surface area contributed by atoms with E-state index in [1.165, 1.54) is 0 Å². The molecule has 0 saturated carbocycles. The molecule has 1 nitrogen and oxygen atoms in total. The van der Waals surface area contributed by atoms with E-state index in [1.807, 2.05) is 6.07 Å². The zero-order valence-corrected chi connectivity index (χ0v) is 13.0. The third-order valence-corrected chi connectivity index (χ3v) is 4.05. The standard InChI is InChI=1S/C14H10Cl4O/c1-19-13-5-2-8(6-12(13)17)14(18)10-4-3-9(15)7-11(10)16/h2-7,14H,1H3. The summed E-state index contributed by atoms with van der Waals surface area (Å²) in [6.07, 6.45) is 0. The number of halogens is 4. The van der Waals surface area contributed by atoms with Crippen LogP contribution in [-0.4, -0.2) is 7.11 Å². The fourth-order valence-corrected chi connectivity index (χ4v) is 2.89. The SMILES string of the molecule is COc1ccc(C(Cl)c2ccc(Cl)cc2Cl)cc1Cl. The van der Waals surface area contributed by atoms with Crippen molar-refractivity contribution in [3.05, 3.63) is 62.6 Å². The van der Waals surface area contributed by atoms with Crippen molar-refractivity contribution in [2.45, 2.75) is 5.38 Å². The van der Waals surface area contributed by atoms with Crippen molar-refractivity contribution in [1.29, 1.82) is 0 Å². The van der Waals surface area contributed by atoms with Gasteiger partial charge in [0, 0.05) is 10.0 Å². The minimum Gasteiger partial charge on any atom is -0.495 e. The molecule has 0 aliphatic rings. The number of methoxy groups -OCH3 is 1. The van der Waals surface area contributed by atoms with E-state index in [1.54, 1.807) is 37.4 Å². The normalized spacial score (nSPS) is 12.3. The Morgan fingerprint density at radius 1 is 0.947 bits per heavy atom. The van der Waals surface area contributed by atoms with Gasteiger partial charge < -0.3 is 4.74 Å². The number of hydrogen-bond acceptors (Lipinski definition) is 1. The molecule has 0 radical (unpaired) electrons. The molecule has 0 amide bonds. The quantitative estimate of drug-likeness (QED) is 0.626. The van der Waals surface area contributed by atoms with Crippen LogP contribution in [0.15, 0.2) is 36.4 Å². The van der Waals surface area contributed by atoms with E-state index >= 15 is 0 Å². The van der Waals surface area contributed by atoms with Gasteiger partial charge in [0.25, 0.3) is 0 Å². The van der Waals surface area contributed by atoms with Crippen LogP contribution in [0.2, 0.25) is 15.1 Å². The highest BCUT2D eigenvalue weighted by Gasteiger charge is 2.16. The maximum atomic E-state index is 6.43. The molecule has 19 heavy (non-hydrogen) atoms. The van der Waals surface area contributed by atoms with Gasteiger partial charge in [-0.05, 0) is 35.4 Å². The fraction of sp³-hybridized carbons (Fsp3) is 0.143. The average molecular weight is 336 g/mol. The smallest absolute Gasteiger partial charge is 0.137 e. The van der Waals surface area contributed by atoms with Gasteiger partial charge in [0.1, 0.15) is 5.75 Å². The summed E-state index contributed by atoms with van der Waals surface area (Å²) in [6, 6.07) is 10.6. The molecule has 0 aromatic heterocycles. The van der Waals surface area contributed by atoms with Gasteiger partial charge in [0.2, 0.25) is 0 Å². The summed E-state index contributed by atoms with van der Waals surface area (Å²) in [6.45, 7) is 0. The first kappa shape index (κ1) is 14.8. The predicted octanol–water partition coefficient (Wildman–Crippen LogP) is 5.98. The molecule has 0 saturated heterocycles. The van der Waals surface area contributed by atoms with Crippen LogP contribution in [0.3, 0.4) is 0 Å². The Bertz CT molecular complexity index is 598. The summed E-state index contributed by atoms with van der Waals surface area (Å²) in [5, 5.41) is 1.22. The maximum Gasteiger partial charge on any atom is 0.137 e. The second-order valence-corrected chi connectivity index (χ2v) is 5.61. The highest BCUT2D eigenvalue weighted by Crippen LogP contribution is 2.37. The number of rotatable bonds is 3. The Morgan fingerprint density at radius 2 is 1.68 bits per heavy atom. The number of ether oxygens (including phenoxy) is 1. The largest absolute Gasteiger partial charge is 0.495 e. The summed E-state index contributed by atoms with van der Waals surface area (Å²) >= 11 is 24.5. The van der Waals surface area contributed by atoms with E-state index in [4.69, 9.17) is 51.1 Å². The number of alkyl halides is 1. The molecule has 5 heteroatoms. The van der Waals surface area contributed by atoms with Gasteiger partial charge in [0.15, 0.2) is 0 Å². The maximum absolute atomic E-state index is 6.43. The van der Waals surface area contributed by atoms with Crippen LogP contribution in [0.4, 0.5) is 0 Å². The van der Waals surface area contributed by atoms with E-state index in [0.29, 0.717) is 20.8 Å². The molecule has 2 rings (SSSR count). The van der Waals surface area contributed by atoms with Crippen LogP contribution in [0.5, 0.6) is 5.75 Å². The van der Waals surface area contributed by atoms with Crippen LogP contribution < -0.4 is 4.74 Å². The second-order valence-electron chi connectivity index (χ2n) is 3.92. The zero-order chi connectivity index (χ0) is 14.0. The predicted molar refractivity (Wildman–Crippen MR) is 82.2 cm³/mol. The van der Waals surface area contributed by atoms with E-state index in [9.17, 15) is 0 Å². The average Bonchev–Trinajstić information content (AvgIpc) is 2.38. The Morgan fingerprint density at radius 3 is 2.26 bits per heavy atom. The van der Waals surface area contributed by atoms with Crippen molar-refractivity contribution in [2.24, 2.45) is 0 Å². The molecule has 1 atom stereocenters. The lowest BCUT2D eigenvalue weighted by atomic mass is 10.0. The molecule has 0 heterocycles. The molecule has 0 aliphatic heterocycles. The van der Waals surface area contributed by atoms with E-state index < -0.39 is 5.38 Å². The fourth-order valence-electron chi connectivity index (χ4n) is 1.73. The molecule has 2 aromatic rings. The minimum absolute atomic E-state index is 0.395. The number of benzene rings is 2. The van der Waals surface area contributed by atoms with Crippen LogP contribution in [0.25, 0.3) is 0 Å². The van der Waals surface area contributed by atoms with E-state index in [0.717, 1.165) is 11.1 Å². The van der Waals surface area contributed by atoms with Crippen LogP contribution >= 0.6 is 46.4 Å². The van der Waals surface area contributed by atoms with Crippen molar-refractivity contribution in [2.75, 3.05) is 7.11 Å². The monoisotopic (exact) mass is 334 g/mol. The Hall–Kier alpha value is -0.600. The summed E-state index contributed by atoms with van der Waals surface area (Å²) in [5.41, 5.74) is 1.63. The Balaban J connectivity index is 2.38. The van der Waals surface area contributed by atoms with Crippen LogP contribution in [0.1, 0.15) is 16.5 Å². The minimum atomic E-state index is -0.395. The Labute approximate surface area is 132 Å². The second kappa shape index (κ2) is 6.23. The van der Waals surface area contributed by atoms with Crippen molar-refractivity contribution >= 4 is 46.4 Å². The van der Waals surface area contributed by atoms with Gasteiger partial charge in [0.05, 0.1) is 17.5 Å². The molecular formula is C14H10Cl4O. The molecule has 0 bridgehead atoms. The highest BCUT2D eigenvalue weighted by molar-refractivity contribution is 6.36. The lowest BCUT2D eigenvalue weighted by Gasteiger charge is -2.14. The molecule has 2 aromatic carbocycles. The first-order valence-electron chi connectivity index (χ1n) is 5.45. The summed E-state index contributed by atoms with van der Waals surface area (Å²) in [4.78, 5) is 0. The van der Waals surface area contributed by atoms with Crippen molar-refractivity contribution in [3.63, 3.8) is 0 Å². The van der Waals surface area contributed by atoms with Crippen LogP contribution in [-0.2, 0) is 0 Å². The van der Waals surface area contributed by atoms with Crippen molar-refractivity contribution in [3.8, 4) is 5.75 Å². The van der Waals surface area contributed by atoms with Gasteiger partial charge in [-0.25, -0.2) is 0 Å². The molecule has 100 valence electrons. The molecule has 0 spiro atoms. The molecule has 0 N–H and O–H groups in total. The van der Waals surface area contributed by atoms with E-state index in [-0.39, 0.29) is 0 Å². The first-order chi connectivity index (χ1) is 9.02. The molecule has 1 unspecified atom stereocenters. The molecule has 0 aliphatic carbocycles. The molecule has 0 fully saturated rings.